The molecule has 2 heterocycles. The van der Waals surface area contributed by atoms with Crippen LogP contribution in [0.3, 0.4) is 0 Å². The fourth-order valence-electron chi connectivity index (χ4n) is 3.69. The minimum atomic E-state index is -0.601. The van der Waals surface area contributed by atoms with Crippen LogP contribution in [0.15, 0.2) is 4.99 Å². The molecule has 0 aromatic carbocycles. The van der Waals surface area contributed by atoms with Gasteiger partial charge in [-0.3, -0.25) is 4.99 Å². The summed E-state index contributed by atoms with van der Waals surface area (Å²) < 4.78 is 7.06. The van der Waals surface area contributed by atoms with Crippen LogP contribution in [0, 0.1) is 0 Å². The molecule has 0 spiro atoms. The Kier molecular flexibility index (Phi) is 8.08. The second-order valence-corrected chi connectivity index (χ2v) is 7.15. The largest absolute Gasteiger partial charge is 0.388 e. The predicted octanol–water partition coefficient (Wildman–Crippen LogP) is 1.22. The van der Waals surface area contributed by atoms with E-state index in [4.69, 9.17) is 4.74 Å². The molecular formula is C17H31IN6O2. The maximum atomic E-state index is 10.6. The Bertz CT molecular complexity index is 600. The number of ether oxygens (including phenoxy) is 1. The van der Waals surface area contributed by atoms with Crippen molar-refractivity contribution in [2.45, 2.75) is 69.7 Å². The molecule has 3 N–H and O–H groups in total. The molecule has 148 valence electrons. The van der Waals surface area contributed by atoms with E-state index < -0.39 is 5.60 Å². The number of fused-ring (bicyclic) bond motifs is 1. The van der Waals surface area contributed by atoms with Crippen LogP contribution in [0.5, 0.6) is 0 Å². The summed E-state index contributed by atoms with van der Waals surface area (Å²) in [6.45, 7) is 1.75. The highest BCUT2D eigenvalue weighted by atomic mass is 127. The first kappa shape index (κ1) is 21.4. The third kappa shape index (κ3) is 5.53. The summed E-state index contributed by atoms with van der Waals surface area (Å²) in [5, 5.41) is 21.9. The standard InChI is InChI=1S/C17H30N6O2.HI/c1-18-16(19-12-17(24)8-4-3-5-9-17)20-13-6-7-15-21-14(11-25-2)22-23(15)10-13;/h13,24H,3-12H2,1-2H3,(H2,18,19,20);1H. The molecule has 0 bridgehead atoms. The molecular weight excluding hydrogens is 447 g/mol. The van der Waals surface area contributed by atoms with Gasteiger partial charge in [-0.25, -0.2) is 9.67 Å². The van der Waals surface area contributed by atoms with Gasteiger partial charge in [0.1, 0.15) is 12.4 Å². The molecule has 1 unspecified atom stereocenters. The number of nitrogens with zero attached hydrogens (tertiary/aromatic N) is 4. The summed E-state index contributed by atoms with van der Waals surface area (Å²) in [6.07, 6.45) is 7.03. The van der Waals surface area contributed by atoms with Gasteiger partial charge in [-0.1, -0.05) is 19.3 Å². The zero-order chi connectivity index (χ0) is 17.7. The quantitative estimate of drug-likeness (QED) is 0.335. The molecule has 2 aliphatic rings. The third-order valence-corrected chi connectivity index (χ3v) is 5.11. The van der Waals surface area contributed by atoms with Crippen molar-refractivity contribution in [2.24, 2.45) is 4.99 Å². The molecule has 1 saturated carbocycles. The minimum absolute atomic E-state index is 0. The lowest BCUT2D eigenvalue weighted by atomic mass is 9.85. The Balaban J connectivity index is 0.00000243. The van der Waals surface area contributed by atoms with Crippen molar-refractivity contribution in [2.75, 3.05) is 20.7 Å². The summed E-state index contributed by atoms with van der Waals surface area (Å²) in [4.78, 5) is 8.81. The van der Waals surface area contributed by atoms with Gasteiger partial charge in [0.15, 0.2) is 11.8 Å². The second kappa shape index (κ2) is 9.84. The molecule has 1 aliphatic carbocycles. The van der Waals surface area contributed by atoms with Gasteiger partial charge in [-0.05, 0) is 19.3 Å². The molecule has 9 heteroatoms. The van der Waals surface area contributed by atoms with Gasteiger partial charge in [0.05, 0.1) is 12.1 Å². The van der Waals surface area contributed by atoms with Crippen molar-refractivity contribution in [3.8, 4) is 0 Å². The molecule has 0 amide bonds. The van der Waals surface area contributed by atoms with Crippen molar-refractivity contribution in [1.82, 2.24) is 25.4 Å². The Morgan fingerprint density at radius 3 is 2.85 bits per heavy atom. The molecule has 1 aromatic rings. The molecule has 1 atom stereocenters. The number of nitrogens with one attached hydrogen (secondary N) is 2. The molecule has 0 radical (unpaired) electrons. The van der Waals surface area contributed by atoms with Crippen LogP contribution in [0.2, 0.25) is 0 Å². The zero-order valence-electron chi connectivity index (χ0n) is 15.7. The van der Waals surface area contributed by atoms with Crippen LogP contribution < -0.4 is 10.6 Å². The Labute approximate surface area is 172 Å². The lowest BCUT2D eigenvalue weighted by Crippen LogP contribution is -2.51. The van der Waals surface area contributed by atoms with E-state index >= 15 is 0 Å². The van der Waals surface area contributed by atoms with Gasteiger partial charge in [0.25, 0.3) is 0 Å². The van der Waals surface area contributed by atoms with Crippen LogP contribution >= 0.6 is 24.0 Å². The Hall–Kier alpha value is -0.940. The summed E-state index contributed by atoms with van der Waals surface area (Å²) in [5.41, 5.74) is -0.601. The number of halogens is 1. The lowest BCUT2D eigenvalue weighted by molar-refractivity contribution is 0.00854. The van der Waals surface area contributed by atoms with E-state index in [1.807, 2.05) is 4.68 Å². The van der Waals surface area contributed by atoms with Crippen molar-refractivity contribution in [1.29, 1.82) is 0 Å². The number of aryl methyl sites for hydroxylation is 1. The fourth-order valence-corrected chi connectivity index (χ4v) is 3.69. The van der Waals surface area contributed by atoms with Gasteiger partial charge in [0.2, 0.25) is 0 Å². The number of aliphatic imine (C=N–C) groups is 1. The summed E-state index contributed by atoms with van der Waals surface area (Å²) in [5.74, 6) is 2.49. The SMILES string of the molecule is CN=C(NCC1(O)CCCCC1)NC1CCc2nc(COC)nn2C1.I. The van der Waals surface area contributed by atoms with Gasteiger partial charge < -0.3 is 20.5 Å². The van der Waals surface area contributed by atoms with Gasteiger partial charge in [0, 0.05) is 33.2 Å². The summed E-state index contributed by atoms with van der Waals surface area (Å²) in [6, 6.07) is 0.247. The van der Waals surface area contributed by atoms with Gasteiger partial charge in [-0.15, -0.1) is 24.0 Å². The highest BCUT2D eigenvalue weighted by Gasteiger charge is 2.29. The first-order chi connectivity index (χ1) is 12.1. The van der Waals surface area contributed by atoms with Crippen molar-refractivity contribution < 1.29 is 9.84 Å². The van der Waals surface area contributed by atoms with E-state index in [0.29, 0.717) is 13.2 Å². The highest BCUT2D eigenvalue weighted by molar-refractivity contribution is 14.0. The molecule has 1 aromatic heterocycles. The second-order valence-electron chi connectivity index (χ2n) is 7.15. The Morgan fingerprint density at radius 2 is 2.15 bits per heavy atom. The van der Waals surface area contributed by atoms with E-state index in [9.17, 15) is 5.11 Å². The van der Waals surface area contributed by atoms with Crippen LogP contribution in [0.4, 0.5) is 0 Å². The molecule has 26 heavy (non-hydrogen) atoms. The topological polar surface area (TPSA) is 96.6 Å². The normalized spacial score (nSPS) is 22.3. The van der Waals surface area contributed by atoms with E-state index in [1.165, 1.54) is 6.42 Å². The van der Waals surface area contributed by atoms with E-state index in [-0.39, 0.29) is 30.0 Å². The average molecular weight is 478 g/mol. The van der Waals surface area contributed by atoms with Crippen molar-refractivity contribution in [3.05, 3.63) is 11.6 Å². The number of rotatable bonds is 5. The molecule has 0 saturated heterocycles. The monoisotopic (exact) mass is 478 g/mol. The Morgan fingerprint density at radius 1 is 1.38 bits per heavy atom. The number of aliphatic hydroxyl groups is 1. The van der Waals surface area contributed by atoms with E-state index in [2.05, 4.69) is 25.7 Å². The molecule has 3 rings (SSSR count). The molecule has 8 nitrogen and oxygen atoms in total. The highest BCUT2D eigenvalue weighted by Crippen LogP contribution is 2.27. The van der Waals surface area contributed by atoms with E-state index in [1.54, 1.807) is 14.2 Å². The molecule has 1 aliphatic heterocycles. The first-order valence-electron chi connectivity index (χ1n) is 9.23. The summed E-state index contributed by atoms with van der Waals surface area (Å²) >= 11 is 0. The zero-order valence-corrected chi connectivity index (χ0v) is 18.0. The van der Waals surface area contributed by atoms with Crippen LogP contribution in [-0.2, 0) is 24.3 Å². The van der Waals surface area contributed by atoms with Crippen LogP contribution in [0.25, 0.3) is 0 Å². The number of guanidine groups is 1. The summed E-state index contributed by atoms with van der Waals surface area (Å²) in [7, 11) is 3.42. The lowest BCUT2D eigenvalue weighted by Gasteiger charge is -2.33. The number of hydrogen-bond donors (Lipinski definition) is 3. The van der Waals surface area contributed by atoms with E-state index in [0.717, 1.165) is 62.7 Å². The third-order valence-electron chi connectivity index (χ3n) is 5.11. The maximum absolute atomic E-state index is 10.6. The smallest absolute Gasteiger partial charge is 0.191 e. The van der Waals surface area contributed by atoms with Crippen LogP contribution in [-0.4, -0.2) is 58.2 Å². The predicted molar refractivity (Wildman–Crippen MR) is 111 cm³/mol. The minimum Gasteiger partial charge on any atom is -0.388 e. The first-order valence-corrected chi connectivity index (χ1v) is 9.23. The van der Waals surface area contributed by atoms with Crippen molar-refractivity contribution in [3.63, 3.8) is 0 Å². The molecule has 1 fully saturated rings. The van der Waals surface area contributed by atoms with Gasteiger partial charge in [-0.2, -0.15) is 5.10 Å². The number of methoxy groups -OCH3 is 1. The number of hydrogen-bond acceptors (Lipinski definition) is 5. The van der Waals surface area contributed by atoms with Crippen LogP contribution in [0.1, 0.15) is 50.2 Å². The van der Waals surface area contributed by atoms with Gasteiger partial charge >= 0.3 is 0 Å². The number of aromatic nitrogens is 3. The average Bonchev–Trinajstić information content (AvgIpc) is 3.01. The van der Waals surface area contributed by atoms with Crippen molar-refractivity contribution >= 4 is 29.9 Å². The maximum Gasteiger partial charge on any atom is 0.191 e. The fraction of sp³-hybridized carbons (Fsp3) is 0.824.